The quantitative estimate of drug-likeness (QED) is 0.681. The van der Waals surface area contributed by atoms with Gasteiger partial charge in [-0.25, -0.2) is 9.67 Å². The number of aromatic nitrogens is 4. The van der Waals surface area contributed by atoms with Gasteiger partial charge in [-0.3, -0.25) is 9.59 Å². The van der Waals surface area contributed by atoms with Crippen molar-refractivity contribution >= 4 is 11.8 Å². The lowest BCUT2D eigenvalue weighted by molar-refractivity contribution is 0.0700. The SMILES string of the molecule is CCNC(=O)c1cn(-c2ccccc2)nc1C1CCCN(C(=O)c2cnc(C)[nH]2)C1. The van der Waals surface area contributed by atoms with Crippen LogP contribution in [0.25, 0.3) is 5.69 Å². The largest absolute Gasteiger partial charge is 0.352 e. The molecule has 1 fully saturated rings. The van der Waals surface area contributed by atoms with E-state index in [-0.39, 0.29) is 17.7 Å². The number of hydrogen-bond donors (Lipinski definition) is 2. The molecule has 0 radical (unpaired) electrons. The summed E-state index contributed by atoms with van der Waals surface area (Å²) in [5, 5.41) is 7.66. The van der Waals surface area contributed by atoms with Crippen molar-refractivity contribution in [3.8, 4) is 5.69 Å². The first-order valence-electron chi connectivity index (χ1n) is 10.3. The van der Waals surface area contributed by atoms with Gasteiger partial charge in [-0.15, -0.1) is 0 Å². The maximum atomic E-state index is 12.9. The molecule has 4 rings (SSSR count). The number of nitrogens with one attached hydrogen (secondary N) is 2. The number of para-hydroxylation sites is 1. The fourth-order valence-corrected chi connectivity index (χ4v) is 3.92. The highest BCUT2D eigenvalue weighted by Crippen LogP contribution is 2.30. The lowest BCUT2D eigenvalue weighted by atomic mass is 9.92. The van der Waals surface area contributed by atoms with Crippen LogP contribution in [0.2, 0.25) is 0 Å². The average Bonchev–Trinajstić information content (AvgIpc) is 3.41. The summed E-state index contributed by atoms with van der Waals surface area (Å²) in [5.41, 5.74) is 2.69. The molecule has 8 nitrogen and oxygen atoms in total. The Hall–Kier alpha value is -3.42. The monoisotopic (exact) mass is 406 g/mol. The number of hydrogen-bond acceptors (Lipinski definition) is 4. The lowest BCUT2D eigenvalue weighted by Crippen LogP contribution is -2.40. The Morgan fingerprint density at radius 2 is 2.07 bits per heavy atom. The molecule has 3 heterocycles. The number of aryl methyl sites for hydroxylation is 1. The molecule has 2 N–H and O–H groups in total. The summed E-state index contributed by atoms with van der Waals surface area (Å²) in [6.07, 6.45) is 5.10. The van der Waals surface area contributed by atoms with Crippen molar-refractivity contribution in [3.05, 3.63) is 65.5 Å². The summed E-state index contributed by atoms with van der Waals surface area (Å²) in [6, 6.07) is 9.73. The normalized spacial score (nSPS) is 16.5. The molecular formula is C22H26N6O2. The lowest BCUT2D eigenvalue weighted by Gasteiger charge is -2.32. The number of carbonyl (C=O) groups excluding carboxylic acids is 2. The molecule has 8 heteroatoms. The molecule has 0 aliphatic carbocycles. The van der Waals surface area contributed by atoms with Gasteiger partial charge in [0, 0.05) is 31.7 Å². The zero-order chi connectivity index (χ0) is 21.1. The molecule has 1 aromatic carbocycles. The first kappa shape index (κ1) is 19.9. The number of piperidine rings is 1. The summed E-state index contributed by atoms with van der Waals surface area (Å²) >= 11 is 0. The maximum Gasteiger partial charge on any atom is 0.271 e. The van der Waals surface area contributed by atoms with Gasteiger partial charge in [-0.05, 0) is 38.8 Å². The van der Waals surface area contributed by atoms with Crippen molar-refractivity contribution in [3.63, 3.8) is 0 Å². The van der Waals surface area contributed by atoms with Crippen LogP contribution in [0, 0.1) is 6.92 Å². The van der Waals surface area contributed by atoms with Crippen LogP contribution in [0.3, 0.4) is 0 Å². The highest BCUT2D eigenvalue weighted by molar-refractivity contribution is 5.95. The molecule has 2 amide bonds. The fourth-order valence-electron chi connectivity index (χ4n) is 3.92. The number of amides is 2. The number of benzene rings is 1. The van der Waals surface area contributed by atoms with E-state index in [0.29, 0.717) is 36.7 Å². The summed E-state index contributed by atoms with van der Waals surface area (Å²) in [5.74, 6) is 0.506. The molecule has 2 aromatic heterocycles. The van der Waals surface area contributed by atoms with E-state index in [2.05, 4.69) is 15.3 Å². The number of imidazole rings is 1. The van der Waals surface area contributed by atoms with Gasteiger partial charge in [-0.1, -0.05) is 18.2 Å². The number of rotatable bonds is 5. The van der Waals surface area contributed by atoms with Gasteiger partial charge < -0.3 is 15.2 Å². The van der Waals surface area contributed by atoms with Crippen molar-refractivity contribution in [1.29, 1.82) is 0 Å². The van der Waals surface area contributed by atoms with Gasteiger partial charge in [0.15, 0.2) is 0 Å². The van der Waals surface area contributed by atoms with Crippen LogP contribution >= 0.6 is 0 Å². The van der Waals surface area contributed by atoms with Gasteiger partial charge >= 0.3 is 0 Å². The van der Waals surface area contributed by atoms with Crippen molar-refractivity contribution in [1.82, 2.24) is 30.0 Å². The zero-order valence-corrected chi connectivity index (χ0v) is 17.3. The molecule has 0 bridgehead atoms. The van der Waals surface area contributed by atoms with E-state index in [1.807, 2.05) is 49.1 Å². The van der Waals surface area contributed by atoms with Gasteiger partial charge in [-0.2, -0.15) is 5.10 Å². The van der Waals surface area contributed by atoms with Crippen LogP contribution in [0.5, 0.6) is 0 Å². The standard InChI is InChI=1S/C22H26N6O2/c1-3-23-21(29)18-14-28(17-9-5-4-6-10-17)26-20(18)16-8-7-11-27(13-16)22(30)19-12-24-15(2)25-19/h4-6,9-10,12,14,16H,3,7-8,11,13H2,1-2H3,(H,23,29)(H,24,25). The highest BCUT2D eigenvalue weighted by atomic mass is 16.2. The van der Waals surface area contributed by atoms with E-state index in [1.165, 1.54) is 0 Å². The predicted octanol–water partition coefficient (Wildman–Crippen LogP) is 2.67. The molecule has 1 aliphatic rings. The third-order valence-corrected chi connectivity index (χ3v) is 5.37. The van der Waals surface area contributed by atoms with E-state index in [0.717, 1.165) is 24.2 Å². The molecule has 1 atom stereocenters. The third kappa shape index (κ3) is 3.98. The van der Waals surface area contributed by atoms with Crippen molar-refractivity contribution < 1.29 is 9.59 Å². The van der Waals surface area contributed by atoms with E-state index in [4.69, 9.17) is 5.10 Å². The minimum atomic E-state index is -0.137. The van der Waals surface area contributed by atoms with Crippen LogP contribution in [0.1, 0.15) is 58.0 Å². The topological polar surface area (TPSA) is 95.9 Å². The maximum absolute atomic E-state index is 12.9. The molecule has 1 aliphatic heterocycles. The van der Waals surface area contributed by atoms with Crippen LogP contribution in [0.15, 0.2) is 42.7 Å². The van der Waals surface area contributed by atoms with Gasteiger partial charge in [0.2, 0.25) is 0 Å². The minimum absolute atomic E-state index is 0.00529. The van der Waals surface area contributed by atoms with Crippen molar-refractivity contribution in [2.75, 3.05) is 19.6 Å². The van der Waals surface area contributed by atoms with Crippen LogP contribution in [-0.4, -0.2) is 56.1 Å². The first-order valence-corrected chi connectivity index (χ1v) is 10.3. The van der Waals surface area contributed by atoms with E-state index in [9.17, 15) is 9.59 Å². The Kier molecular flexibility index (Phi) is 5.65. The summed E-state index contributed by atoms with van der Waals surface area (Å²) in [6.45, 7) is 5.47. The van der Waals surface area contributed by atoms with Crippen LogP contribution < -0.4 is 5.32 Å². The predicted molar refractivity (Wildman–Crippen MR) is 113 cm³/mol. The average molecular weight is 406 g/mol. The number of aromatic amines is 1. The summed E-state index contributed by atoms with van der Waals surface area (Å²) in [4.78, 5) is 34.6. The zero-order valence-electron chi connectivity index (χ0n) is 17.3. The Balaban J connectivity index is 1.63. The molecular weight excluding hydrogens is 380 g/mol. The number of nitrogens with zero attached hydrogens (tertiary/aromatic N) is 4. The smallest absolute Gasteiger partial charge is 0.271 e. The van der Waals surface area contributed by atoms with Crippen molar-refractivity contribution in [2.45, 2.75) is 32.6 Å². The molecule has 0 saturated carbocycles. The summed E-state index contributed by atoms with van der Waals surface area (Å²) < 4.78 is 1.75. The third-order valence-electron chi connectivity index (χ3n) is 5.37. The minimum Gasteiger partial charge on any atom is -0.352 e. The van der Waals surface area contributed by atoms with Gasteiger partial charge in [0.05, 0.1) is 23.1 Å². The Morgan fingerprint density at radius 1 is 1.27 bits per heavy atom. The van der Waals surface area contributed by atoms with E-state index < -0.39 is 0 Å². The highest BCUT2D eigenvalue weighted by Gasteiger charge is 2.31. The van der Waals surface area contributed by atoms with Crippen molar-refractivity contribution in [2.24, 2.45) is 0 Å². The number of carbonyl (C=O) groups is 2. The molecule has 30 heavy (non-hydrogen) atoms. The Morgan fingerprint density at radius 3 is 2.77 bits per heavy atom. The molecule has 156 valence electrons. The summed E-state index contributed by atoms with van der Waals surface area (Å²) in [7, 11) is 0. The Bertz CT molecular complexity index is 1040. The van der Waals surface area contributed by atoms with Gasteiger partial charge in [0.25, 0.3) is 11.8 Å². The number of H-pyrrole nitrogens is 1. The van der Waals surface area contributed by atoms with E-state index in [1.54, 1.807) is 17.1 Å². The fraction of sp³-hybridized carbons (Fsp3) is 0.364. The second-order valence-electron chi connectivity index (χ2n) is 7.54. The molecule has 1 unspecified atom stereocenters. The first-order chi connectivity index (χ1) is 14.6. The van der Waals surface area contributed by atoms with Gasteiger partial charge in [0.1, 0.15) is 11.5 Å². The molecule has 0 spiro atoms. The Labute approximate surface area is 175 Å². The van der Waals surface area contributed by atoms with Crippen LogP contribution in [0.4, 0.5) is 0 Å². The second kappa shape index (κ2) is 8.52. The van der Waals surface area contributed by atoms with E-state index >= 15 is 0 Å². The van der Waals surface area contributed by atoms with Crippen LogP contribution in [-0.2, 0) is 0 Å². The second-order valence-corrected chi connectivity index (χ2v) is 7.54. The molecule has 1 saturated heterocycles. The number of likely N-dealkylation sites (tertiary alicyclic amines) is 1. The molecule has 3 aromatic rings.